The summed E-state index contributed by atoms with van der Waals surface area (Å²) in [5.41, 5.74) is 4.05. The van der Waals surface area contributed by atoms with Gasteiger partial charge in [0, 0.05) is 43.7 Å². The number of hydrogen-bond donors (Lipinski definition) is 1. The fourth-order valence-electron chi connectivity index (χ4n) is 3.66. The number of anilines is 1. The molecule has 1 N–H and O–H groups in total. The van der Waals surface area contributed by atoms with Crippen LogP contribution in [-0.4, -0.2) is 53.0 Å². The van der Waals surface area contributed by atoms with Crippen LogP contribution in [0.15, 0.2) is 48.5 Å². The van der Waals surface area contributed by atoms with Crippen LogP contribution in [0.5, 0.6) is 0 Å². The number of benzene rings is 2. The summed E-state index contributed by atoms with van der Waals surface area (Å²) in [5, 5.41) is 8.87. The van der Waals surface area contributed by atoms with E-state index in [1.165, 1.54) is 5.56 Å². The van der Waals surface area contributed by atoms with Gasteiger partial charge in [0.1, 0.15) is 5.60 Å². The topological polar surface area (TPSA) is 61.5 Å². The van der Waals surface area contributed by atoms with E-state index in [1.54, 1.807) is 4.90 Å². The van der Waals surface area contributed by atoms with E-state index in [1.807, 2.05) is 26.8 Å². The number of carbonyl (C=O) groups is 1. The second-order valence-electron chi connectivity index (χ2n) is 8.52. The maximum absolute atomic E-state index is 12.3. The standard InChI is InChI=1S/C23H28N4O2/c1-23(2,3)29-22(28)27-13-11-26(12-14-27)18-9-10-19-20(24-25-21(19)16-18)15-17-7-5-4-6-8-17/h4-10,16H,11-15H2,1-3H3,(H,24,25). The summed E-state index contributed by atoms with van der Waals surface area (Å²) in [5.74, 6) is 0. The molecule has 0 bridgehead atoms. The van der Waals surface area contributed by atoms with Gasteiger partial charge in [0.05, 0.1) is 11.2 Å². The molecule has 0 spiro atoms. The number of nitrogens with zero attached hydrogens (tertiary/aromatic N) is 3. The van der Waals surface area contributed by atoms with E-state index in [0.29, 0.717) is 13.1 Å². The van der Waals surface area contributed by atoms with Crippen molar-refractivity contribution in [3.05, 3.63) is 59.8 Å². The lowest BCUT2D eigenvalue weighted by molar-refractivity contribution is 0.0240. The van der Waals surface area contributed by atoms with Crippen LogP contribution in [0.3, 0.4) is 0 Å². The molecular formula is C23H28N4O2. The van der Waals surface area contributed by atoms with Crippen LogP contribution in [-0.2, 0) is 11.2 Å². The van der Waals surface area contributed by atoms with Crippen LogP contribution < -0.4 is 4.90 Å². The molecule has 152 valence electrons. The lowest BCUT2D eigenvalue weighted by Crippen LogP contribution is -2.50. The van der Waals surface area contributed by atoms with E-state index in [-0.39, 0.29) is 6.09 Å². The van der Waals surface area contributed by atoms with E-state index >= 15 is 0 Å². The van der Waals surface area contributed by atoms with Gasteiger partial charge in [0.2, 0.25) is 0 Å². The van der Waals surface area contributed by atoms with Crippen molar-refractivity contribution in [1.82, 2.24) is 15.1 Å². The molecule has 0 aliphatic carbocycles. The molecule has 6 nitrogen and oxygen atoms in total. The Morgan fingerprint density at radius 3 is 2.48 bits per heavy atom. The summed E-state index contributed by atoms with van der Waals surface area (Å²) in [7, 11) is 0. The molecule has 29 heavy (non-hydrogen) atoms. The normalized spacial score (nSPS) is 15.0. The van der Waals surface area contributed by atoms with Gasteiger partial charge < -0.3 is 14.5 Å². The number of H-pyrrole nitrogens is 1. The quantitative estimate of drug-likeness (QED) is 0.725. The average molecular weight is 393 g/mol. The summed E-state index contributed by atoms with van der Waals surface area (Å²) in [6, 6.07) is 16.8. The summed E-state index contributed by atoms with van der Waals surface area (Å²) >= 11 is 0. The maximum Gasteiger partial charge on any atom is 0.410 e. The first kappa shape index (κ1) is 19.3. The molecule has 3 aromatic rings. The highest BCUT2D eigenvalue weighted by molar-refractivity contribution is 5.85. The van der Waals surface area contributed by atoms with E-state index in [2.05, 4.69) is 57.6 Å². The Hall–Kier alpha value is -3.02. The molecule has 2 aromatic carbocycles. The van der Waals surface area contributed by atoms with Crippen molar-refractivity contribution in [3.8, 4) is 0 Å². The van der Waals surface area contributed by atoms with Crippen molar-refractivity contribution in [2.75, 3.05) is 31.1 Å². The number of rotatable bonds is 3. The molecule has 1 aliphatic rings. The van der Waals surface area contributed by atoms with Gasteiger partial charge in [0.15, 0.2) is 0 Å². The second-order valence-corrected chi connectivity index (χ2v) is 8.52. The minimum atomic E-state index is -0.461. The SMILES string of the molecule is CC(C)(C)OC(=O)N1CCN(c2ccc3c(Cc4ccccc4)n[nH]c3c2)CC1. The number of ether oxygens (including phenoxy) is 1. The molecule has 6 heteroatoms. The molecule has 0 saturated carbocycles. The molecule has 0 unspecified atom stereocenters. The van der Waals surface area contributed by atoms with Gasteiger partial charge in [-0.25, -0.2) is 4.79 Å². The van der Waals surface area contributed by atoms with Crippen LogP contribution in [0.25, 0.3) is 10.9 Å². The number of nitrogens with one attached hydrogen (secondary N) is 1. The van der Waals surface area contributed by atoms with Gasteiger partial charge in [-0.15, -0.1) is 0 Å². The fourth-order valence-corrected chi connectivity index (χ4v) is 3.66. The maximum atomic E-state index is 12.3. The number of carbonyl (C=O) groups excluding carboxylic acids is 1. The van der Waals surface area contributed by atoms with Crippen LogP contribution in [0, 0.1) is 0 Å². The van der Waals surface area contributed by atoms with Crippen molar-refractivity contribution in [2.24, 2.45) is 0 Å². The molecule has 1 fully saturated rings. The Kier molecular flexibility index (Phi) is 5.18. The molecule has 1 aromatic heterocycles. The van der Waals surface area contributed by atoms with Crippen molar-refractivity contribution in [1.29, 1.82) is 0 Å². The van der Waals surface area contributed by atoms with Gasteiger partial charge in [0.25, 0.3) is 0 Å². The van der Waals surface area contributed by atoms with Crippen LogP contribution in [0.1, 0.15) is 32.0 Å². The molecule has 1 saturated heterocycles. The average Bonchev–Trinajstić information content (AvgIpc) is 3.10. The number of amides is 1. The highest BCUT2D eigenvalue weighted by Crippen LogP contribution is 2.25. The molecular weight excluding hydrogens is 364 g/mol. The van der Waals surface area contributed by atoms with Crippen LogP contribution in [0.4, 0.5) is 10.5 Å². The Morgan fingerprint density at radius 1 is 1.07 bits per heavy atom. The second kappa shape index (κ2) is 7.78. The number of fused-ring (bicyclic) bond motifs is 1. The molecule has 0 atom stereocenters. The van der Waals surface area contributed by atoms with Crippen molar-refractivity contribution >= 4 is 22.7 Å². The first-order valence-electron chi connectivity index (χ1n) is 10.1. The minimum Gasteiger partial charge on any atom is -0.444 e. The number of hydrogen-bond acceptors (Lipinski definition) is 4. The fraction of sp³-hybridized carbons (Fsp3) is 0.391. The van der Waals surface area contributed by atoms with E-state index in [4.69, 9.17) is 4.74 Å². The minimum absolute atomic E-state index is 0.230. The lowest BCUT2D eigenvalue weighted by atomic mass is 10.1. The Morgan fingerprint density at radius 2 is 1.79 bits per heavy atom. The van der Waals surface area contributed by atoms with Gasteiger partial charge >= 0.3 is 6.09 Å². The molecule has 1 aliphatic heterocycles. The molecule has 0 radical (unpaired) electrons. The number of piperazine rings is 1. The van der Waals surface area contributed by atoms with Gasteiger partial charge in [-0.05, 0) is 44.5 Å². The van der Waals surface area contributed by atoms with Crippen molar-refractivity contribution in [2.45, 2.75) is 32.8 Å². The van der Waals surface area contributed by atoms with E-state index < -0.39 is 5.60 Å². The van der Waals surface area contributed by atoms with Crippen LogP contribution >= 0.6 is 0 Å². The predicted octanol–water partition coefficient (Wildman–Crippen LogP) is 4.21. The number of aromatic nitrogens is 2. The summed E-state index contributed by atoms with van der Waals surface area (Å²) in [6.07, 6.45) is 0.584. The summed E-state index contributed by atoms with van der Waals surface area (Å²) < 4.78 is 5.48. The Labute approximate surface area is 171 Å². The monoisotopic (exact) mass is 392 g/mol. The third-order valence-electron chi connectivity index (χ3n) is 5.14. The summed E-state index contributed by atoms with van der Waals surface area (Å²) in [6.45, 7) is 8.59. The molecule has 1 amide bonds. The Bertz CT molecular complexity index is 983. The predicted molar refractivity (Wildman–Crippen MR) is 115 cm³/mol. The first-order valence-corrected chi connectivity index (χ1v) is 10.1. The zero-order chi connectivity index (χ0) is 20.4. The van der Waals surface area contributed by atoms with Crippen molar-refractivity contribution < 1.29 is 9.53 Å². The molecule has 2 heterocycles. The summed E-state index contributed by atoms with van der Waals surface area (Å²) in [4.78, 5) is 16.3. The Balaban J connectivity index is 1.42. The third-order valence-corrected chi connectivity index (χ3v) is 5.14. The highest BCUT2D eigenvalue weighted by Gasteiger charge is 2.26. The van der Waals surface area contributed by atoms with Gasteiger partial charge in [-0.1, -0.05) is 30.3 Å². The van der Waals surface area contributed by atoms with Gasteiger partial charge in [-0.2, -0.15) is 5.10 Å². The zero-order valence-electron chi connectivity index (χ0n) is 17.3. The smallest absolute Gasteiger partial charge is 0.410 e. The first-order chi connectivity index (χ1) is 13.9. The largest absolute Gasteiger partial charge is 0.444 e. The lowest BCUT2D eigenvalue weighted by Gasteiger charge is -2.36. The van der Waals surface area contributed by atoms with E-state index in [9.17, 15) is 4.79 Å². The third kappa shape index (κ3) is 4.53. The highest BCUT2D eigenvalue weighted by atomic mass is 16.6. The zero-order valence-corrected chi connectivity index (χ0v) is 17.3. The van der Waals surface area contributed by atoms with E-state index in [0.717, 1.165) is 41.8 Å². The number of aromatic amines is 1. The van der Waals surface area contributed by atoms with Crippen LogP contribution in [0.2, 0.25) is 0 Å². The van der Waals surface area contributed by atoms with Gasteiger partial charge in [-0.3, -0.25) is 5.10 Å². The molecule has 4 rings (SSSR count). The van der Waals surface area contributed by atoms with Crippen molar-refractivity contribution in [3.63, 3.8) is 0 Å².